The number of aryl methyl sites for hydroxylation is 2. The van der Waals surface area contributed by atoms with Crippen molar-refractivity contribution in [3.63, 3.8) is 0 Å². The predicted octanol–water partition coefficient (Wildman–Crippen LogP) is 4.13. The second-order valence-corrected chi connectivity index (χ2v) is 7.83. The Balaban J connectivity index is 1.65. The molecule has 0 saturated carbocycles. The van der Waals surface area contributed by atoms with Gasteiger partial charge in [0, 0.05) is 17.8 Å². The molecule has 0 atom stereocenters. The maximum Gasteiger partial charge on any atom is 0.253 e. The first-order valence-electron chi connectivity index (χ1n) is 9.22. The van der Waals surface area contributed by atoms with Crippen LogP contribution in [0.15, 0.2) is 71.5 Å². The van der Waals surface area contributed by atoms with Crippen LogP contribution >= 0.6 is 11.8 Å². The largest absolute Gasteiger partial charge is 0.351 e. The summed E-state index contributed by atoms with van der Waals surface area (Å²) in [5, 5.41) is 2.96. The molecule has 0 radical (unpaired) electrons. The summed E-state index contributed by atoms with van der Waals surface area (Å²) < 4.78 is 0. The summed E-state index contributed by atoms with van der Waals surface area (Å²) in [5.41, 5.74) is 4.50. The van der Waals surface area contributed by atoms with Gasteiger partial charge in [-0.3, -0.25) is 9.59 Å². The van der Waals surface area contributed by atoms with Gasteiger partial charge in [-0.25, -0.2) is 0 Å². The third-order valence-electron chi connectivity index (χ3n) is 4.54. The highest BCUT2D eigenvalue weighted by Crippen LogP contribution is 2.35. The molecule has 3 rings (SSSR count). The minimum Gasteiger partial charge on any atom is -0.351 e. The molecule has 1 aromatic heterocycles. The van der Waals surface area contributed by atoms with E-state index >= 15 is 0 Å². The summed E-state index contributed by atoms with van der Waals surface area (Å²) in [6.07, 6.45) is 0. The van der Waals surface area contributed by atoms with Crippen LogP contribution in [0, 0.1) is 13.8 Å². The van der Waals surface area contributed by atoms with Gasteiger partial charge >= 0.3 is 0 Å². The molecule has 0 saturated heterocycles. The third kappa shape index (κ3) is 5.14. The summed E-state index contributed by atoms with van der Waals surface area (Å²) >= 11 is 1.58. The maximum absolute atomic E-state index is 12.4. The van der Waals surface area contributed by atoms with Crippen molar-refractivity contribution in [2.75, 3.05) is 5.75 Å². The van der Waals surface area contributed by atoms with Gasteiger partial charge in [0.1, 0.15) is 0 Å². The van der Waals surface area contributed by atoms with Gasteiger partial charge in [-0.15, -0.1) is 11.8 Å². The average Bonchev–Trinajstić information content (AvgIpc) is 2.69. The molecule has 2 N–H and O–H groups in total. The second kappa shape index (κ2) is 9.42. The topological polar surface area (TPSA) is 62.0 Å². The molecule has 2 aromatic carbocycles. The quantitative estimate of drug-likeness (QED) is 0.635. The van der Waals surface area contributed by atoms with E-state index < -0.39 is 0 Å². The zero-order valence-electron chi connectivity index (χ0n) is 16.1. The number of rotatable bonds is 7. The number of carbonyl (C=O) groups excluding carboxylic acids is 1. The SMILES string of the molecule is Cc1cc(C)c(CNC(=O)CSC(c2ccccc2)c2ccccc2)c(=O)[nH]1. The Morgan fingerprint density at radius 3 is 2.11 bits per heavy atom. The van der Waals surface area contributed by atoms with Gasteiger partial charge in [0.2, 0.25) is 5.91 Å². The first kappa shape index (κ1) is 20.0. The van der Waals surface area contributed by atoms with Gasteiger partial charge < -0.3 is 10.3 Å². The molecular weight excluding hydrogens is 368 g/mol. The first-order valence-corrected chi connectivity index (χ1v) is 10.3. The Labute approximate surface area is 169 Å². The molecule has 5 heteroatoms. The molecule has 1 amide bonds. The number of pyridine rings is 1. The monoisotopic (exact) mass is 392 g/mol. The van der Waals surface area contributed by atoms with Crippen molar-refractivity contribution in [2.45, 2.75) is 25.6 Å². The zero-order valence-corrected chi connectivity index (χ0v) is 16.9. The lowest BCUT2D eigenvalue weighted by Crippen LogP contribution is -2.29. The van der Waals surface area contributed by atoms with E-state index in [0.717, 1.165) is 22.4 Å². The van der Waals surface area contributed by atoms with E-state index in [4.69, 9.17) is 0 Å². The van der Waals surface area contributed by atoms with E-state index in [1.165, 1.54) is 0 Å². The zero-order chi connectivity index (χ0) is 19.9. The molecule has 0 spiro atoms. The van der Waals surface area contributed by atoms with Crippen LogP contribution in [0.1, 0.15) is 33.2 Å². The van der Waals surface area contributed by atoms with Crippen molar-refractivity contribution in [3.05, 3.63) is 105 Å². The molecule has 0 bridgehead atoms. The van der Waals surface area contributed by atoms with Crippen molar-refractivity contribution in [3.8, 4) is 0 Å². The van der Waals surface area contributed by atoms with Crippen LogP contribution in [-0.4, -0.2) is 16.6 Å². The van der Waals surface area contributed by atoms with E-state index in [2.05, 4.69) is 34.6 Å². The highest BCUT2D eigenvalue weighted by atomic mass is 32.2. The molecule has 0 aliphatic heterocycles. The maximum atomic E-state index is 12.4. The molecule has 3 aromatic rings. The fraction of sp³-hybridized carbons (Fsp3) is 0.217. The normalized spacial score (nSPS) is 10.8. The molecule has 4 nitrogen and oxygen atoms in total. The lowest BCUT2D eigenvalue weighted by atomic mass is 10.0. The molecule has 28 heavy (non-hydrogen) atoms. The molecule has 0 fully saturated rings. The Hall–Kier alpha value is -2.79. The number of amides is 1. The van der Waals surface area contributed by atoms with E-state index in [9.17, 15) is 9.59 Å². The number of aromatic nitrogens is 1. The number of H-pyrrole nitrogens is 1. The standard InChI is InChI=1S/C23H24N2O2S/c1-16-13-17(2)25-23(27)20(16)14-24-21(26)15-28-22(18-9-5-3-6-10-18)19-11-7-4-8-12-19/h3-13,22H,14-15H2,1-2H3,(H,24,26)(H,25,27). The number of nitrogens with one attached hydrogen (secondary N) is 2. The fourth-order valence-electron chi connectivity index (χ4n) is 3.14. The highest BCUT2D eigenvalue weighted by Gasteiger charge is 2.16. The summed E-state index contributed by atoms with van der Waals surface area (Å²) in [6, 6.07) is 22.3. The van der Waals surface area contributed by atoms with Crippen molar-refractivity contribution >= 4 is 17.7 Å². The number of carbonyl (C=O) groups is 1. The predicted molar refractivity (Wildman–Crippen MR) is 116 cm³/mol. The van der Waals surface area contributed by atoms with E-state index in [1.54, 1.807) is 11.8 Å². The molecule has 0 aliphatic rings. The number of aromatic amines is 1. The molecular formula is C23H24N2O2S. The Bertz CT molecular complexity index is 945. The number of benzene rings is 2. The minimum atomic E-state index is -0.142. The lowest BCUT2D eigenvalue weighted by Gasteiger charge is -2.17. The lowest BCUT2D eigenvalue weighted by molar-refractivity contribution is -0.118. The number of hydrogen-bond acceptors (Lipinski definition) is 3. The van der Waals surface area contributed by atoms with E-state index in [0.29, 0.717) is 11.3 Å². The van der Waals surface area contributed by atoms with E-state index in [-0.39, 0.29) is 23.3 Å². The first-order chi connectivity index (χ1) is 13.5. The van der Waals surface area contributed by atoms with Gasteiger partial charge in [0.25, 0.3) is 5.56 Å². The fourth-order valence-corrected chi connectivity index (χ4v) is 4.26. The summed E-state index contributed by atoms with van der Waals surface area (Å²) in [7, 11) is 0. The van der Waals surface area contributed by atoms with Gasteiger partial charge in [-0.2, -0.15) is 0 Å². The van der Waals surface area contributed by atoms with Crippen LogP contribution in [0.25, 0.3) is 0 Å². The summed E-state index contributed by atoms with van der Waals surface area (Å²) in [4.78, 5) is 27.3. The van der Waals surface area contributed by atoms with Crippen LogP contribution in [0.3, 0.4) is 0 Å². The Kier molecular flexibility index (Phi) is 6.71. The summed E-state index contributed by atoms with van der Waals surface area (Å²) in [5.74, 6) is 0.235. The molecule has 1 heterocycles. The van der Waals surface area contributed by atoms with Crippen LogP contribution < -0.4 is 10.9 Å². The summed E-state index contributed by atoms with van der Waals surface area (Å²) in [6.45, 7) is 3.97. The Morgan fingerprint density at radius 1 is 1.00 bits per heavy atom. The van der Waals surface area contributed by atoms with E-state index in [1.807, 2.05) is 56.3 Å². The molecule has 144 valence electrons. The van der Waals surface area contributed by atoms with Gasteiger partial charge in [-0.1, -0.05) is 60.7 Å². The molecule has 0 unspecified atom stereocenters. The van der Waals surface area contributed by atoms with Gasteiger partial charge in [0.05, 0.1) is 11.0 Å². The van der Waals surface area contributed by atoms with Crippen LogP contribution in [0.2, 0.25) is 0 Å². The molecule has 0 aliphatic carbocycles. The second-order valence-electron chi connectivity index (χ2n) is 6.73. The van der Waals surface area contributed by atoms with Crippen LogP contribution in [0.5, 0.6) is 0 Å². The van der Waals surface area contributed by atoms with Crippen molar-refractivity contribution in [1.82, 2.24) is 10.3 Å². The van der Waals surface area contributed by atoms with Crippen molar-refractivity contribution in [1.29, 1.82) is 0 Å². The highest BCUT2D eigenvalue weighted by molar-refractivity contribution is 8.00. The van der Waals surface area contributed by atoms with Crippen molar-refractivity contribution < 1.29 is 4.79 Å². The van der Waals surface area contributed by atoms with Crippen LogP contribution in [-0.2, 0) is 11.3 Å². The minimum absolute atomic E-state index is 0.0812. The van der Waals surface area contributed by atoms with Gasteiger partial charge in [-0.05, 0) is 36.6 Å². The number of thioether (sulfide) groups is 1. The third-order valence-corrected chi connectivity index (χ3v) is 5.85. The van der Waals surface area contributed by atoms with Gasteiger partial charge in [0.15, 0.2) is 0 Å². The van der Waals surface area contributed by atoms with Crippen molar-refractivity contribution in [2.24, 2.45) is 0 Å². The Morgan fingerprint density at radius 2 is 1.57 bits per heavy atom. The average molecular weight is 393 g/mol. The smallest absolute Gasteiger partial charge is 0.253 e. The number of hydrogen-bond donors (Lipinski definition) is 2. The van der Waals surface area contributed by atoms with Crippen LogP contribution in [0.4, 0.5) is 0 Å².